The van der Waals surface area contributed by atoms with Crippen LogP contribution in [0.5, 0.6) is 0 Å². The van der Waals surface area contributed by atoms with Crippen molar-refractivity contribution >= 4 is 23.0 Å². The van der Waals surface area contributed by atoms with Gasteiger partial charge in [0.25, 0.3) is 0 Å². The minimum atomic E-state index is -4.41. The van der Waals surface area contributed by atoms with Crippen molar-refractivity contribution in [3.05, 3.63) is 63.7 Å². The molecule has 0 atom stereocenters. The monoisotopic (exact) mass is 383 g/mol. The number of aryl methyl sites for hydroxylation is 1. The molecule has 0 N–H and O–H groups in total. The van der Waals surface area contributed by atoms with Gasteiger partial charge in [0, 0.05) is 16.3 Å². The maximum absolute atomic E-state index is 13.1. The van der Waals surface area contributed by atoms with E-state index < -0.39 is 11.7 Å². The molecule has 0 heterocycles. The van der Waals surface area contributed by atoms with Crippen molar-refractivity contribution in [1.82, 2.24) is 0 Å². The molecule has 0 spiro atoms. The van der Waals surface area contributed by atoms with E-state index in [1.54, 1.807) is 19.1 Å². The number of rotatable bonds is 6. The number of halogens is 4. The molecule has 0 fully saturated rings. The Kier molecular flexibility index (Phi) is 6.84. The van der Waals surface area contributed by atoms with Crippen molar-refractivity contribution in [3.8, 4) is 0 Å². The Bertz CT molecular complexity index is 783. The third-order valence-corrected chi connectivity index (χ3v) is 4.21. The predicted octanol–water partition coefficient (Wildman–Crippen LogP) is 6.89. The Morgan fingerprint density at radius 1 is 1.12 bits per heavy atom. The summed E-state index contributed by atoms with van der Waals surface area (Å²) in [6, 6.07) is 9.38. The van der Waals surface area contributed by atoms with Gasteiger partial charge in [0.15, 0.2) is 0 Å². The van der Waals surface area contributed by atoms with Crippen molar-refractivity contribution in [3.63, 3.8) is 0 Å². The molecule has 0 radical (unpaired) electrons. The zero-order valence-electron chi connectivity index (χ0n) is 15.0. The van der Waals surface area contributed by atoms with Crippen molar-refractivity contribution < 1.29 is 17.9 Å². The van der Waals surface area contributed by atoms with Crippen LogP contribution in [0.25, 0.3) is 0 Å². The summed E-state index contributed by atoms with van der Waals surface area (Å²) >= 11 is 5.84. The number of nitrogens with zero attached hydrogens (tertiary/aromatic N) is 1. The number of benzene rings is 2. The number of ether oxygens (including phenoxy) is 1. The predicted molar refractivity (Wildman–Crippen MR) is 99.2 cm³/mol. The normalized spacial score (nSPS) is 12.5. The average molecular weight is 384 g/mol. The van der Waals surface area contributed by atoms with Crippen LogP contribution in [0.15, 0.2) is 41.4 Å². The summed E-state index contributed by atoms with van der Waals surface area (Å²) in [5.74, 6) is 0. The van der Waals surface area contributed by atoms with Crippen LogP contribution >= 0.6 is 11.6 Å². The van der Waals surface area contributed by atoms with Crippen LogP contribution in [0, 0.1) is 6.92 Å². The first kappa shape index (κ1) is 20.5. The quantitative estimate of drug-likeness (QED) is 0.498. The van der Waals surface area contributed by atoms with Gasteiger partial charge in [0.2, 0.25) is 0 Å². The summed E-state index contributed by atoms with van der Waals surface area (Å²) in [5, 5.41) is 0.619. The summed E-state index contributed by atoms with van der Waals surface area (Å²) < 4.78 is 45.1. The maximum Gasteiger partial charge on any atom is 0.416 e. The van der Waals surface area contributed by atoms with E-state index >= 15 is 0 Å². The summed E-state index contributed by atoms with van der Waals surface area (Å²) in [7, 11) is 0. The third kappa shape index (κ3) is 5.58. The summed E-state index contributed by atoms with van der Waals surface area (Å²) in [4.78, 5) is 4.49. The van der Waals surface area contributed by atoms with Gasteiger partial charge in [-0.1, -0.05) is 30.7 Å². The third-order valence-electron chi connectivity index (χ3n) is 3.96. The molecule has 2 aromatic carbocycles. The smallest absolute Gasteiger partial charge is 0.372 e. The van der Waals surface area contributed by atoms with Crippen LogP contribution in [-0.4, -0.2) is 5.71 Å². The molecule has 0 aromatic heterocycles. The first-order chi connectivity index (χ1) is 12.2. The van der Waals surface area contributed by atoms with E-state index in [4.69, 9.17) is 16.3 Å². The van der Waals surface area contributed by atoms with Gasteiger partial charge in [0.05, 0.1) is 24.5 Å². The van der Waals surface area contributed by atoms with Crippen LogP contribution < -0.4 is 0 Å². The highest BCUT2D eigenvalue weighted by Gasteiger charge is 2.31. The van der Waals surface area contributed by atoms with Crippen LogP contribution in [0.2, 0.25) is 5.02 Å². The molecule has 0 aliphatic carbocycles. The van der Waals surface area contributed by atoms with Gasteiger partial charge in [-0.2, -0.15) is 13.2 Å². The van der Waals surface area contributed by atoms with E-state index in [1.165, 1.54) is 0 Å². The van der Waals surface area contributed by atoms with E-state index in [1.807, 2.05) is 26.0 Å². The van der Waals surface area contributed by atoms with Gasteiger partial charge in [-0.05, 0) is 55.7 Å². The number of alkyl halides is 3. The van der Waals surface area contributed by atoms with E-state index in [-0.39, 0.29) is 13.2 Å². The Hall–Kier alpha value is -1.85. The van der Waals surface area contributed by atoms with Gasteiger partial charge in [-0.3, -0.25) is 4.99 Å². The highest BCUT2D eigenvalue weighted by atomic mass is 35.5. The molecular formula is C20H21ClF3NO. The first-order valence-corrected chi connectivity index (χ1v) is 8.65. The van der Waals surface area contributed by atoms with Crippen molar-refractivity contribution in [2.75, 3.05) is 0 Å². The Labute approximate surface area is 156 Å². The highest BCUT2D eigenvalue weighted by Crippen LogP contribution is 2.35. The second-order valence-electron chi connectivity index (χ2n) is 6.12. The van der Waals surface area contributed by atoms with Crippen LogP contribution in [0.3, 0.4) is 0 Å². The average Bonchev–Trinajstić information content (AvgIpc) is 2.58. The number of hydrogen-bond acceptors (Lipinski definition) is 2. The van der Waals surface area contributed by atoms with Crippen molar-refractivity contribution in [1.29, 1.82) is 0 Å². The fourth-order valence-electron chi connectivity index (χ4n) is 2.42. The van der Waals surface area contributed by atoms with Crippen LogP contribution in [0.4, 0.5) is 18.9 Å². The Balaban J connectivity index is 2.27. The van der Waals surface area contributed by atoms with Gasteiger partial charge in [0.1, 0.15) is 0 Å². The zero-order valence-corrected chi connectivity index (χ0v) is 15.7. The Morgan fingerprint density at radius 2 is 1.77 bits per heavy atom. The largest absolute Gasteiger partial charge is 0.416 e. The van der Waals surface area contributed by atoms with Crippen LogP contribution in [0.1, 0.15) is 42.5 Å². The standard InChI is InChI=1S/C20H21ClF3NO/c1-4-14(3)25-19-13(2)9-17(20(22,23)24)10-16(19)12-26-11-15-5-7-18(21)8-6-15/h5-10H,4,11-12H2,1-3H3. The van der Waals surface area contributed by atoms with Crippen LogP contribution in [-0.2, 0) is 24.1 Å². The second-order valence-corrected chi connectivity index (χ2v) is 6.55. The molecule has 2 aromatic rings. The zero-order chi connectivity index (χ0) is 19.3. The molecule has 0 saturated carbocycles. The summed E-state index contributed by atoms with van der Waals surface area (Å²) in [6.07, 6.45) is -3.68. The maximum atomic E-state index is 13.1. The lowest BCUT2D eigenvalue weighted by Gasteiger charge is -2.15. The van der Waals surface area contributed by atoms with E-state index in [0.717, 1.165) is 29.8 Å². The lowest BCUT2D eigenvalue weighted by atomic mass is 10.0. The van der Waals surface area contributed by atoms with Crippen molar-refractivity contribution in [2.45, 2.75) is 46.6 Å². The molecule has 0 bridgehead atoms. The van der Waals surface area contributed by atoms with E-state index in [9.17, 15) is 13.2 Å². The molecule has 0 saturated heterocycles. The molecule has 26 heavy (non-hydrogen) atoms. The minimum absolute atomic E-state index is 0.0449. The molecule has 0 aliphatic heterocycles. The van der Waals surface area contributed by atoms with E-state index in [0.29, 0.717) is 21.8 Å². The fourth-order valence-corrected chi connectivity index (χ4v) is 2.54. The second kappa shape index (κ2) is 8.69. The first-order valence-electron chi connectivity index (χ1n) is 8.27. The molecule has 0 unspecified atom stereocenters. The topological polar surface area (TPSA) is 21.6 Å². The van der Waals surface area contributed by atoms with Gasteiger partial charge in [-0.15, -0.1) is 0 Å². The fraction of sp³-hybridized carbons (Fsp3) is 0.350. The molecule has 2 nitrogen and oxygen atoms in total. The lowest BCUT2D eigenvalue weighted by molar-refractivity contribution is -0.137. The number of hydrogen-bond donors (Lipinski definition) is 0. The van der Waals surface area contributed by atoms with E-state index in [2.05, 4.69) is 4.99 Å². The highest BCUT2D eigenvalue weighted by molar-refractivity contribution is 6.30. The molecule has 0 amide bonds. The molecule has 140 valence electrons. The molecule has 2 rings (SSSR count). The summed E-state index contributed by atoms with van der Waals surface area (Å²) in [6.45, 7) is 5.77. The lowest BCUT2D eigenvalue weighted by Crippen LogP contribution is -2.07. The van der Waals surface area contributed by atoms with Gasteiger partial charge in [-0.25, -0.2) is 0 Å². The SMILES string of the molecule is CCC(C)=Nc1c(C)cc(C(F)(F)F)cc1COCc1ccc(Cl)cc1. The molecule has 0 aliphatic rings. The summed E-state index contributed by atoms with van der Waals surface area (Å²) in [5.41, 5.74) is 2.53. The van der Waals surface area contributed by atoms with Crippen molar-refractivity contribution in [2.24, 2.45) is 4.99 Å². The Morgan fingerprint density at radius 3 is 2.35 bits per heavy atom. The number of aliphatic imine (C=N–C) groups is 1. The molecular weight excluding hydrogens is 363 g/mol. The van der Waals surface area contributed by atoms with Gasteiger partial charge >= 0.3 is 6.18 Å². The molecule has 6 heteroatoms. The minimum Gasteiger partial charge on any atom is -0.372 e. The van der Waals surface area contributed by atoms with Gasteiger partial charge < -0.3 is 4.74 Å².